The van der Waals surface area contributed by atoms with Crippen LogP contribution in [0.1, 0.15) is 29.3 Å². The van der Waals surface area contributed by atoms with Crippen molar-refractivity contribution in [1.82, 2.24) is 4.90 Å². The molecule has 1 aromatic carbocycles. The number of benzene rings is 1. The van der Waals surface area contributed by atoms with E-state index in [9.17, 15) is 18.0 Å². The van der Waals surface area contributed by atoms with Gasteiger partial charge >= 0.3 is 6.18 Å². The number of aryl methyl sites for hydroxylation is 1. The molecule has 0 spiro atoms. The Kier molecular flexibility index (Phi) is 4.65. The number of ether oxygens (including phenoxy) is 1. The topological polar surface area (TPSA) is 55.6 Å². The fourth-order valence-electron chi connectivity index (χ4n) is 2.61. The summed E-state index contributed by atoms with van der Waals surface area (Å²) in [4.78, 5) is 13.9. The van der Waals surface area contributed by atoms with Crippen LogP contribution in [0.5, 0.6) is 0 Å². The number of nitrogen functional groups attached to an aromatic ring is 1. The lowest BCUT2D eigenvalue weighted by atomic mass is 10.1. The van der Waals surface area contributed by atoms with E-state index in [2.05, 4.69) is 0 Å². The zero-order valence-electron chi connectivity index (χ0n) is 12.5. The van der Waals surface area contributed by atoms with Gasteiger partial charge in [-0.25, -0.2) is 0 Å². The van der Waals surface area contributed by atoms with Gasteiger partial charge in [-0.05, 0) is 26.0 Å². The molecule has 0 aromatic heterocycles. The van der Waals surface area contributed by atoms with E-state index >= 15 is 0 Å². The Bertz CT molecular complexity index is 560. The highest BCUT2D eigenvalue weighted by Gasteiger charge is 2.37. The molecule has 122 valence electrons. The van der Waals surface area contributed by atoms with E-state index in [-0.39, 0.29) is 19.0 Å². The van der Waals surface area contributed by atoms with Crippen molar-refractivity contribution in [2.24, 2.45) is 0 Å². The monoisotopic (exact) mass is 316 g/mol. The summed E-state index contributed by atoms with van der Waals surface area (Å²) in [5.41, 5.74) is 7.32. The first-order chi connectivity index (χ1) is 10.2. The van der Waals surface area contributed by atoms with Crippen molar-refractivity contribution >= 4 is 11.6 Å². The van der Waals surface area contributed by atoms with Gasteiger partial charge in [0.25, 0.3) is 5.91 Å². The van der Waals surface area contributed by atoms with E-state index in [1.165, 1.54) is 4.90 Å². The van der Waals surface area contributed by atoms with Gasteiger partial charge in [0.2, 0.25) is 0 Å². The van der Waals surface area contributed by atoms with E-state index in [1.807, 2.05) is 6.92 Å². The zero-order chi connectivity index (χ0) is 16.5. The molecule has 4 nitrogen and oxygen atoms in total. The van der Waals surface area contributed by atoms with Crippen LogP contribution in [-0.4, -0.2) is 42.3 Å². The molecule has 22 heavy (non-hydrogen) atoms. The number of rotatable bonds is 2. The molecule has 1 aliphatic heterocycles. The summed E-state index contributed by atoms with van der Waals surface area (Å²) in [6.07, 6.45) is -6.88. The number of morpholine rings is 1. The zero-order valence-corrected chi connectivity index (χ0v) is 12.5. The standard InChI is InChI=1S/C15H19F3N2O2/c1-9-3-4-13(19)12(5-9)14(21)20-7-10(2)22-11(8-20)6-15(16,17)18/h3-5,10-11H,6-8,19H2,1-2H3. The number of hydrogen-bond donors (Lipinski definition) is 1. The van der Waals surface area contributed by atoms with Crippen molar-refractivity contribution in [1.29, 1.82) is 0 Å². The fourth-order valence-corrected chi connectivity index (χ4v) is 2.61. The maximum Gasteiger partial charge on any atom is 0.391 e. The molecule has 2 atom stereocenters. The summed E-state index contributed by atoms with van der Waals surface area (Å²) < 4.78 is 42.9. The SMILES string of the molecule is Cc1ccc(N)c(C(=O)N2CC(C)OC(CC(F)(F)F)C2)c1. The highest BCUT2D eigenvalue weighted by molar-refractivity contribution is 5.99. The molecule has 2 N–H and O–H groups in total. The summed E-state index contributed by atoms with van der Waals surface area (Å²) in [7, 11) is 0. The van der Waals surface area contributed by atoms with Crippen LogP contribution >= 0.6 is 0 Å². The lowest BCUT2D eigenvalue weighted by Gasteiger charge is -2.37. The summed E-state index contributed by atoms with van der Waals surface area (Å²) >= 11 is 0. The Balaban J connectivity index is 2.16. The number of nitrogens with zero attached hydrogens (tertiary/aromatic N) is 1. The molecule has 0 saturated carbocycles. The Morgan fingerprint density at radius 1 is 1.41 bits per heavy atom. The van der Waals surface area contributed by atoms with Crippen molar-refractivity contribution in [2.45, 2.75) is 38.7 Å². The molecule has 1 amide bonds. The summed E-state index contributed by atoms with van der Waals surface area (Å²) in [5.74, 6) is -0.358. The minimum Gasteiger partial charge on any atom is -0.398 e. The first kappa shape index (κ1) is 16.6. The molecule has 1 fully saturated rings. The largest absolute Gasteiger partial charge is 0.398 e. The fraction of sp³-hybridized carbons (Fsp3) is 0.533. The van der Waals surface area contributed by atoms with Crippen molar-refractivity contribution in [3.63, 3.8) is 0 Å². The highest BCUT2D eigenvalue weighted by atomic mass is 19.4. The molecule has 0 bridgehead atoms. The first-order valence-electron chi connectivity index (χ1n) is 7.03. The van der Waals surface area contributed by atoms with Crippen molar-refractivity contribution in [3.05, 3.63) is 29.3 Å². The number of anilines is 1. The smallest absolute Gasteiger partial charge is 0.391 e. The molecular formula is C15H19F3N2O2. The third-order valence-electron chi connectivity index (χ3n) is 3.51. The van der Waals surface area contributed by atoms with Gasteiger partial charge in [-0.1, -0.05) is 11.6 Å². The average Bonchev–Trinajstić information content (AvgIpc) is 2.38. The van der Waals surface area contributed by atoms with E-state index in [4.69, 9.17) is 10.5 Å². The van der Waals surface area contributed by atoms with Gasteiger partial charge in [0.15, 0.2) is 0 Å². The van der Waals surface area contributed by atoms with E-state index in [1.54, 1.807) is 25.1 Å². The van der Waals surface area contributed by atoms with Crippen LogP contribution in [0.2, 0.25) is 0 Å². The van der Waals surface area contributed by atoms with Gasteiger partial charge in [0, 0.05) is 18.8 Å². The van der Waals surface area contributed by atoms with E-state index < -0.39 is 24.8 Å². The molecule has 1 aromatic rings. The maximum absolute atomic E-state index is 12.5. The second-order valence-electron chi connectivity index (χ2n) is 5.69. The first-order valence-corrected chi connectivity index (χ1v) is 7.03. The third-order valence-corrected chi connectivity index (χ3v) is 3.51. The molecular weight excluding hydrogens is 297 g/mol. The molecule has 2 unspecified atom stereocenters. The summed E-state index contributed by atoms with van der Waals surface area (Å²) in [6, 6.07) is 5.05. The Morgan fingerprint density at radius 3 is 2.73 bits per heavy atom. The van der Waals surface area contributed by atoms with Crippen LogP contribution in [0.15, 0.2) is 18.2 Å². The van der Waals surface area contributed by atoms with Gasteiger partial charge in [-0.15, -0.1) is 0 Å². The number of hydrogen-bond acceptors (Lipinski definition) is 3. The van der Waals surface area contributed by atoms with Crippen LogP contribution in [0.3, 0.4) is 0 Å². The van der Waals surface area contributed by atoms with Gasteiger partial charge in [0.1, 0.15) is 0 Å². The number of nitrogens with two attached hydrogens (primary N) is 1. The average molecular weight is 316 g/mol. The Labute approximate surface area is 127 Å². The normalized spacial score (nSPS) is 22.7. The molecule has 0 radical (unpaired) electrons. The van der Waals surface area contributed by atoms with Crippen LogP contribution in [0, 0.1) is 6.92 Å². The molecule has 1 saturated heterocycles. The Hall–Kier alpha value is -1.76. The molecule has 1 aliphatic rings. The summed E-state index contributed by atoms with van der Waals surface area (Å²) in [6.45, 7) is 3.64. The quantitative estimate of drug-likeness (QED) is 0.854. The molecule has 0 aliphatic carbocycles. The van der Waals surface area contributed by atoms with Crippen LogP contribution in [0.4, 0.5) is 18.9 Å². The van der Waals surface area contributed by atoms with Crippen molar-refractivity contribution in [3.8, 4) is 0 Å². The highest BCUT2D eigenvalue weighted by Crippen LogP contribution is 2.27. The maximum atomic E-state index is 12.5. The number of amides is 1. The minimum atomic E-state index is -4.32. The Morgan fingerprint density at radius 2 is 2.09 bits per heavy atom. The predicted octanol–water partition coefficient (Wildman–Crippen LogP) is 2.76. The second kappa shape index (κ2) is 6.16. The van der Waals surface area contributed by atoms with E-state index in [0.29, 0.717) is 11.3 Å². The number of carbonyl (C=O) groups excluding carboxylic acids is 1. The number of carbonyl (C=O) groups is 1. The third kappa shape index (κ3) is 4.13. The van der Waals surface area contributed by atoms with Gasteiger partial charge in [-0.2, -0.15) is 13.2 Å². The number of alkyl halides is 3. The molecule has 1 heterocycles. The van der Waals surface area contributed by atoms with Crippen LogP contribution in [-0.2, 0) is 4.74 Å². The lowest BCUT2D eigenvalue weighted by molar-refractivity contribution is -0.177. The second-order valence-corrected chi connectivity index (χ2v) is 5.69. The molecule has 2 rings (SSSR count). The summed E-state index contributed by atoms with van der Waals surface area (Å²) in [5, 5.41) is 0. The molecule has 7 heteroatoms. The van der Waals surface area contributed by atoms with E-state index in [0.717, 1.165) is 5.56 Å². The minimum absolute atomic E-state index is 0.0872. The van der Waals surface area contributed by atoms with Gasteiger partial charge in [0.05, 0.1) is 24.2 Å². The van der Waals surface area contributed by atoms with Crippen LogP contribution < -0.4 is 5.73 Å². The van der Waals surface area contributed by atoms with Crippen molar-refractivity contribution in [2.75, 3.05) is 18.8 Å². The lowest BCUT2D eigenvalue weighted by Crippen LogP contribution is -2.50. The van der Waals surface area contributed by atoms with Crippen LogP contribution in [0.25, 0.3) is 0 Å². The predicted molar refractivity (Wildman–Crippen MR) is 76.5 cm³/mol. The number of halogens is 3. The van der Waals surface area contributed by atoms with Gasteiger partial charge < -0.3 is 15.4 Å². The van der Waals surface area contributed by atoms with Crippen molar-refractivity contribution < 1.29 is 22.7 Å². The van der Waals surface area contributed by atoms with Gasteiger partial charge in [-0.3, -0.25) is 4.79 Å².